The molecule has 1 saturated carbocycles. The molecule has 7 nitrogen and oxygen atoms in total. The number of hydrogen-bond donors (Lipinski definition) is 1. The van der Waals surface area contributed by atoms with Crippen LogP contribution in [0.1, 0.15) is 75.0 Å². The Labute approximate surface area is 173 Å². The fraction of sp³-hybridized carbons (Fsp3) is 0.429. The molecule has 2 heterocycles. The van der Waals surface area contributed by atoms with E-state index in [2.05, 4.69) is 10.3 Å². The topological polar surface area (TPSA) is 94.6 Å². The van der Waals surface area contributed by atoms with Gasteiger partial charge in [-0.25, -0.2) is 9.59 Å². The summed E-state index contributed by atoms with van der Waals surface area (Å²) >= 11 is 1.04. The van der Waals surface area contributed by atoms with E-state index in [0.29, 0.717) is 16.0 Å². The lowest BCUT2D eigenvalue weighted by Gasteiger charge is -2.21. The normalized spacial score (nSPS) is 14.3. The molecule has 0 radical (unpaired) electrons. The molecule has 0 atom stereocenters. The number of ether oxygens (including phenoxy) is 2. The Morgan fingerprint density at radius 3 is 2.48 bits per heavy atom. The van der Waals surface area contributed by atoms with Crippen LogP contribution in [0.5, 0.6) is 0 Å². The van der Waals surface area contributed by atoms with Crippen LogP contribution in [-0.4, -0.2) is 35.5 Å². The molecule has 2 aromatic rings. The molecule has 0 aromatic carbocycles. The van der Waals surface area contributed by atoms with Crippen LogP contribution in [0.2, 0.25) is 0 Å². The van der Waals surface area contributed by atoms with Gasteiger partial charge in [0.25, 0.3) is 5.91 Å². The molecule has 0 spiro atoms. The van der Waals surface area contributed by atoms with Crippen molar-refractivity contribution in [2.75, 3.05) is 11.9 Å². The van der Waals surface area contributed by atoms with Crippen LogP contribution in [-0.2, 0) is 9.47 Å². The zero-order chi connectivity index (χ0) is 20.8. The summed E-state index contributed by atoms with van der Waals surface area (Å²) in [6.45, 7) is 3.56. The maximum Gasteiger partial charge on any atom is 0.348 e. The average molecular weight is 416 g/mol. The van der Waals surface area contributed by atoms with Gasteiger partial charge in [-0.1, -0.05) is 6.42 Å². The maximum atomic E-state index is 12.8. The molecule has 154 valence electrons. The molecule has 1 amide bonds. The zero-order valence-corrected chi connectivity index (χ0v) is 17.3. The minimum atomic E-state index is -0.581. The first-order valence-corrected chi connectivity index (χ1v) is 10.6. The van der Waals surface area contributed by atoms with E-state index in [-0.39, 0.29) is 23.3 Å². The third-order valence-corrected chi connectivity index (χ3v) is 5.99. The number of carbonyl (C=O) groups excluding carboxylic acids is 3. The highest BCUT2D eigenvalue weighted by molar-refractivity contribution is 7.18. The van der Waals surface area contributed by atoms with Gasteiger partial charge in [0.1, 0.15) is 16.0 Å². The van der Waals surface area contributed by atoms with E-state index in [1.165, 1.54) is 12.4 Å². The van der Waals surface area contributed by atoms with E-state index >= 15 is 0 Å². The monoisotopic (exact) mass is 416 g/mol. The number of pyridine rings is 1. The molecule has 29 heavy (non-hydrogen) atoms. The molecule has 0 aliphatic heterocycles. The van der Waals surface area contributed by atoms with Crippen LogP contribution < -0.4 is 5.32 Å². The van der Waals surface area contributed by atoms with Crippen LogP contribution >= 0.6 is 11.3 Å². The highest BCUT2D eigenvalue weighted by Gasteiger charge is 2.29. The summed E-state index contributed by atoms with van der Waals surface area (Å²) in [5.41, 5.74) is 1.04. The number of hydrogen-bond acceptors (Lipinski definition) is 7. The molecule has 3 rings (SSSR count). The van der Waals surface area contributed by atoms with Crippen LogP contribution in [0.25, 0.3) is 0 Å². The number of amides is 1. The van der Waals surface area contributed by atoms with E-state index in [0.717, 1.165) is 43.4 Å². The molecule has 0 bridgehead atoms. The van der Waals surface area contributed by atoms with Gasteiger partial charge in [0, 0.05) is 18.0 Å². The zero-order valence-electron chi connectivity index (χ0n) is 16.5. The molecular weight excluding hydrogens is 392 g/mol. The first-order valence-electron chi connectivity index (χ1n) is 9.74. The van der Waals surface area contributed by atoms with E-state index in [4.69, 9.17) is 9.47 Å². The van der Waals surface area contributed by atoms with Crippen LogP contribution in [0.4, 0.5) is 5.00 Å². The minimum Gasteiger partial charge on any atom is -0.462 e. The molecule has 1 aliphatic rings. The summed E-state index contributed by atoms with van der Waals surface area (Å²) in [5.74, 6) is -1.44. The molecule has 0 unspecified atom stereocenters. The van der Waals surface area contributed by atoms with Crippen LogP contribution in [0, 0.1) is 6.92 Å². The standard InChI is InChI=1S/C21H24N2O5S/c1-3-27-20(25)16-13(2)17(21(26)28-15-7-5-4-6-8-15)29-19(16)23-18(24)14-9-11-22-12-10-14/h9-12,15H,3-8H2,1-2H3,(H,23,24). The molecular formula is C21H24N2O5S. The van der Waals surface area contributed by atoms with E-state index in [1.54, 1.807) is 26.0 Å². The van der Waals surface area contributed by atoms with E-state index in [1.807, 2.05) is 0 Å². The molecule has 2 aromatic heterocycles. The predicted molar refractivity (Wildman–Crippen MR) is 109 cm³/mol. The lowest BCUT2D eigenvalue weighted by molar-refractivity contribution is 0.0216. The Morgan fingerprint density at radius 2 is 1.83 bits per heavy atom. The summed E-state index contributed by atoms with van der Waals surface area (Å²) < 4.78 is 10.8. The SMILES string of the molecule is CCOC(=O)c1c(NC(=O)c2ccncc2)sc(C(=O)OC2CCCCC2)c1C. The Balaban J connectivity index is 1.87. The highest BCUT2D eigenvalue weighted by Crippen LogP contribution is 2.35. The van der Waals surface area contributed by atoms with Crippen molar-refractivity contribution in [3.63, 3.8) is 0 Å². The molecule has 8 heteroatoms. The highest BCUT2D eigenvalue weighted by atomic mass is 32.1. The van der Waals surface area contributed by atoms with Crippen molar-refractivity contribution >= 4 is 34.2 Å². The van der Waals surface area contributed by atoms with Gasteiger partial charge in [0.05, 0.1) is 12.2 Å². The Kier molecular flexibility index (Phi) is 6.98. The second-order valence-corrected chi connectivity index (χ2v) is 7.86. The Morgan fingerprint density at radius 1 is 1.14 bits per heavy atom. The lowest BCUT2D eigenvalue weighted by atomic mass is 9.98. The Hall–Kier alpha value is -2.74. The molecule has 0 saturated heterocycles. The van der Waals surface area contributed by atoms with Gasteiger partial charge in [-0.3, -0.25) is 9.78 Å². The molecule has 1 aliphatic carbocycles. The van der Waals surface area contributed by atoms with E-state index in [9.17, 15) is 14.4 Å². The van der Waals surface area contributed by atoms with Crippen molar-refractivity contribution in [3.8, 4) is 0 Å². The van der Waals surface area contributed by atoms with Crippen LogP contribution in [0.3, 0.4) is 0 Å². The fourth-order valence-corrected chi connectivity index (χ4v) is 4.38. The second-order valence-electron chi connectivity index (χ2n) is 6.84. The largest absolute Gasteiger partial charge is 0.462 e. The van der Waals surface area contributed by atoms with Gasteiger partial charge in [-0.15, -0.1) is 11.3 Å². The number of thiophene rings is 1. The van der Waals surface area contributed by atoms with Crippen molar-refractivity contribution in [2.45, 2.75) is 52.1 Å². The molecule has 1 fully saturated rings. The van der Waals surface area contributed by atoms with Gasteiger partial charge in [-0.05, 0) is 57.2 Å². The van der Waals surface area contributed by atoms with Gasteiger partial charge in [0.15, 0.2) is 0 Å². The summed E-state index contributed by atoms with van der Waals surface area (Å²) in [6.07, 6.45) is 7.87. The van der Waals surface area contributed by atoms with Crippen molar-refractivity contribution in [1.82, 2.24) is 4.98 Å². The van der Waals surface area contributed by atoms with Gasteiger partial charge in [-0.2, -0.15) is 0 Å². The van der Waals surface area contributed by atoms with Crippen molar-refractivity contribution < 1.29 is 23.9 Å². The van der Waals surface area contributed by atoms with Crippen molar-refractivity contribution in [2.24, 2.45) is 0 Å². The van der Waals surface area contributed by atoms with Gasteiger partial charge < -0.3 is 14.8 Å². The van der Waals surface area contributed by atoms with Crippen molar-refractivity contribution in [1.29, 1.82) is 0 Å². The fourth-order valence-electron chi connectivity index (χ4n) is 3.31. The average Bonchev–Trinajstić information content (AvgIpc) is 3.05. The number of carbonyl (C=O) groups is 3. The second kappa shape index (κ2) is 9.65. The number of esters is 2. The summed E-state index contributed by atoms with van der Waals surface area (Å²) in [5, 5.41) is 3.01. The summed E-state index contributed by atoms with van der Waals surface area (Å²) in [7, 11) is 0. The summed E-state index contributed by atoms with van der Waals surface area (Å²) in [4.78, 5) is 42.0. The van der Waals surface area contributed by atoms with Crippen molar-refractivity contribution in [3.05, 3.63) is 46.1 Å². The smallest absolute Gasteiger partial charge is 0.348 e. The van der Waals surface area contributed by atoms with Gasteiger partial charge in [0.2, 0.25) is 0 Å². The minimum absolute atomic E-state index is 0.0985. The quantitative estimate of drug-likeness (QED) is 0.703. The van der Waals surface area contributed by atoms with Gasteiger partial charge >= 0.3 is 11.9 Å². The first kappa shape index (κ1) is 21.0. The third kappa shape index (κ3) is 5.00. The van der Waals surface area contributed by atoms with Crippen LogP contribution in [0.15, 0.2) is 24.5 Å². The predicted octanol–water partition coefficient (Wildman–Crippen LogP) is 4.37. The first-order chi connectivity index (χ1) is 14.0. The lowest BCUT2D eigenvalue weighted by Crippen LogP contribution is -2.21. The molecule has 1 N–H and O–H groups in total. The maximum absolute atomic E-state index is 12.8. The van der Waals surface area contributed by atoms with E-state index < -0.39 is 17.8 Å². The number of rotatable bonds is 6. The number of nitrogens with zero attached hydrogens (tertiary/aromatic N) is 1. The summed E-state index contributed by atoms with van der Waals surface area (Å²) in [6, 6.07) is 3.14. The number of anilines is 1. The Bertz CT molecular complexity index is 888. The third-order valence-electron chi connectivity index (χ3n) is 4.81. The number of nitrogens with one attached hydrogen (secondary N) is 1. The number of aromatic nitrogens is 1.